The molecule has 1 fully saturated rings. The predicted molar refractivity (Wildman–Crippen MR) is 95.9 cm³/mol. The van der Waals surface area contributed by atoms with Gasteiger partial charge in [0, 0.05) is 17.5 Å². The third-order valence-corrected chi connectivity index (χ3v) is 5.75. The first-order valence-electron chi connectivity index (χ1n) is 9.48. The minimum atomic E-state index is -0.253. The fourth-order valence-electron chi connectivity index (χ4n) is 4.36. The van der Waals surface area contributed by atoms with Gasteiger partial charge in [-0.15, -0.1) is 0 Å². The molecule has 4 rings (SSSR count). The van der Waals surface area contributed by atoms with E-state index >= 15 is 0 Å². The largest absolute Gasteiger partial charge is 0.487 e. The zero-order chi connectivity index (χ0) is 16.6. The first-order chi connectivity index (χ1) is 11.7. The standard InChI is InChI=1S/C21H26O3/c1-2-3-7-15-13-20(22)23-19-14-18-16(12-17(15)19)8-11-21(24-18)9-5-4-6-10-21/h12-14H,2-11H2,1H3. The van der Waals surface area contributed by atoms with Crippen LogP contribution in [-0.4, -0.2) is 5.60 Å². The molecule has 3 heteroatoms. The Labute approximate surface area is 143 Å². The second-order valence-electron chi connectivity index (χ2n) is 7.50. The highest BCUT2D eigenvalue weighted by Crippen LogP contribution is 2.43. The van der Waals surface area contributed by atoms with E-state index in [1.807, 2.05) is 6.07 Å². The summed E-state index contributed by atoms with van der Waals surface area (Å²) in [7, 11) is 0. The average Bonchev–Trinajstić information content (AvgIpc) is 2.58. The molecule has 0 amide bonds. The van der Waals surface area contributed by atoms with Gasteiger partial charge in [-0.25, -0.2) is 4.79 Å². The van der Waals surface area contributed by atoms with E-state index < -0.39 is 0 Å². The van der Waals surface area contributed by atoms with E-state index in [2.05, 4.69) is 13.0 Å². The van der Waals surface area contributed by atoms with Crippen LogP contribution in [0.2, 0.25) is 0 Å². The summed E-state index contributed by atoms with van der Waals surface area (Å²) in [6.07, 6.45) is 11.5. The van der Waals surface area contributed by atoms with Crippen molar-refractivity contribution >= 4 is 11.0 Å². The molecule has 128 valence electrons. The van der Waals surface area contributed by atoms with E-state index in [1.54, 1.807) is 6.07 Å². The summed E-state index contributed by atoms with van der Waals surface area (Å²) in [5.41, 5.74) is 2.84. The van der Waals surface area contributed by atoms with Crippen LogP contribution in [0.4, 0.5) is 0 Å². The highest BCUT2D eigenvalue weighted by molar-refractivity contribution is 5.83. The van der Waals surface area contributed by atoms with E-state index in [0.29, 0.717) is 5.58 Å². The number of benzene rings is 1. The minimum absolute atomic E-state index is 0.0268. The maximum atomic E-state index is 11.9. The van der Waals surface area contributed by atoms with Gasteiger partial charge in [0.05, 0.1) is 0 Å². The van der Waals surface area contributed by atoms with Crippen molar-refractivity contribution < 1.29 is 9.15 Å². The lowest BCUT2D eigenvalue weighted by molar-refractivity contribution is 0.0109. The van der Waals surface area contributed by atoms with E-state index in [1.165, 1.54) is 24.8 Å². The molecule has 2 heterocycles. The Morgan fingerprint density at radius 1 is 1.08 bits per heavy atom. The molecule has 0 unspecified atom stereocenters. The zero-order valence-corrected chi connectivity index (χ0v) is 14.5. The molecular formula is C21H26O3. The van der Waals surface area contributed by atoms with Gasteiger partial charge in [-0.2, -0.15) is 0 Å². The van der Waals surface area contributed by atoms with Crippen LogP contribution in [-0.2, 0) is 12.8 Å². The zero-order valence-electron chi connectivity index (χ0n) is 14.5. The van der Waals surface area contributed by atoms with Crippen LogP contribution in [0.5, 0.6) is 5.75 Å². The topological polar surface area (TPSA) is 39.4 Å². The molecule has 2 aromatic rings. The fourth-order valence-corrected chi connectivity index (χ4v) is 4.36. The van der Waals surface area contributed by atoms with Crippen molar-refractivity contribution in [2.75, 3.05) is 0 Å². The van der Waals surface area contributed by atoms with Crippen molar-refractivity contribution in [3.8, 4) is 5.75 Å². The highest BCUT2D eigenvalue weighted by Gasteiger charge is 2.37. The number of hydrogen-bond donors (Lipinski definition) is 0. The summed E-state index contributed by atoms with van der Waals surface area (Å²) in [5, 5.41) is 1.09. The SMILES string of the molecule is CCCCc1cc(=O)oc2cc3c(cc12)CCC1(CCCCC1)O3. The second kappa shape index (κ2) is 6.27. The molecule has 2 aliphatic rings. The van der Waals surface area contributed by atoms with E-state index in [0.717, 1.165) is 61.6 Å². The van der Waals surface area contributed by atoms with Gasteiger partial charge < -0.3 is 9.15 Å². The first kappa shape index (κ1) is 15.7. The van der Waals surface area contributed by atoms with Gasteiger partial charge in [-0.05, 0) is 68.6 Å². The van der Waals surface area contributed by atoms with Crippen LogP contribution >= 0.6 is 0 Å². The van der Waals surface area contributed by atoms with E-state index in [9.17, 15) is 4.79 Å². The molecular weight excluding hydrogens is 300 g/mol. The maximum Gasteiger partial charge on any atom is 0.336 e. The van der Waals surface area contributed by atoms with E-state index in [4.69, 9.17) is 9.15 Å². The molecule has 0 radical (unpaired) electrons. The smallest absolute Gasteiger partial charge is 0.336 e. The summed E-state index contributed by atoms with van der Waals surface area (Å²) in [6.45, 7) is 2.17. The molecule has 1 aromatic carbocycles. The lowest BCUT2D eigenvalue weighted by Crippen LogP contribution is -2.41. The average molecular weight is 326 g/mol. The Balaban J connectivity index is 1.75. The number of rotatable bonds is 3. The third kappa shape index (κ3) is 2.85. The number of unbranched alkanes of at least 4 members (excludes halogenated alkanes) is 1. The highest BCUT2D eigenvalue weighted by atomic mass is 16.5. The van der Waals surface area contributed by atoms with Crippen LogP contribution in [0.1, 0.15) is 69.4 Å². The van der Waals surface area contributed by atoms with Crippen molar-refractivity contribution in [3.05, 3.63) is 39.7 Å². The van der Waals surface area contributed by atoms with Gasteiger partial charge in [-0.3, -0.25) is 0 Å². The fraction of sp³-hybridized carbons (Fsp3) is 0.571. The summed E-state index contributed by atoms with van der Waals surface area (Å²) < 4.78 is 12.0. The van der Waals surface area contributed by atoms with Crippen LogP contribution < -0.4 is 10.4 Å². The van der Waals surface area contributed by atoms with Gasteiger partial charge in [-0.1, -0.05) is 19.8 Å². The van der Waals surface area contributed by atoms with Gasteiger partial charge in [0.2, 0.25) is 0 Å². The molecule has 3 nitrogen and oxygen atoms in total. The van der Waals surface area contributed by atoms with Gasteiger partial charge in [0.15, 0.2) is 0 Å². The molecule has 1 aromatic heterocycles. The van der Waals surface area contributed by atoms with Crippen molar-refractivity contribution in [1.29, 1.82) is 0 Å². The molecule has 1 aliphatic carbocycles. The molecule has 1 spiro atoms. The number of ether oxygens (including phenoxy) is 1. The molecule has 0 atom stereocenters. The van der Waals surface area contributed by atoms with E-state index in [-0.39, 0.29) is 11.2 Å². The molecule has 0 saturated heterocycles. The van der Waals surface area contributed by atoms with Crippen molar-refractivity contribution in [3.63, 3.8) is 0 Å². The van der Waals surface area contributed by atoms with Crippen molar-refractivity contribution in [2.24, 2.45) is 0 Å². The maximum absolute atomic E-state index is 11.9. The summed E-state index contributed by atoms with van der Waals surface area (Å²) in [6, 6.07) is 5.84. The molecule has 24 heavy (non-hydrogen) atoms. The van der Waals surface area contributed by atoms with Crippen LogP contribution in [0.25, 0.3) is 11.0 Å². The second-order valence-corrected chi connectivity index (χ2v) is 7.50. The van der Waals surface area contributed by atoms with Gasteiger partial charge >= 0.3 is 5.63 Å². The Bertz CT molecular complexity index is 797. The molecule has 0 bridgehead atoms. The molecule has 1 aliphatic heterocycles. The lowest BCUT2D eigenvalue weighted by atomic mass is 9.79. The summed E-state index contributed by atoms with van der Waals surface area (Å²) >= 11 is 0. The first-order valence-corrected chi connectivity index (χ1v) is 9.48. The van der Waals surface area contributed by atoms with Crippen LogP contribution in [0, 0.1) is 0 Å². The number of hydrogen-bond acceptors (Lipinski definition) is 3. The monoisotopic (exact) mass is 326 g/mol. The summed E-state index contributed by atoms with van der Waals surface area (Å²) in [5.74, 6) is 0.937. The van der Waals surface area contributed by atoms with Gasteiger partial charge in [0.1, 0.15) is 16.9 Å². The number of aryl methyl sites for hydroxylation is 2. The quantitative estimate of drug-likeness (QED) is 0.731. The number of fused-ring (bicyclic) bond motifs is 2. The normalized spacial score (nSPS) is 19.2. The van der Waals surface area contributed by atoms with Gasteiger partial charge in [0.25, 0.3) is 0 Å². The Morgan fingerprint density at radius 2 is 1.92 bits per heavy atom. The van der Waals surface area contributed by atoms with Crippen LogP contribution in [0.15, 0.2) is 27.4 Å². The third-order valence-electron chi connectivity index (χ3n) is 5.75. The predicted octanol–water partition coefficient (Wildman–Crippen LogP) is 5.16. The van der Waals surface area contributed by atoms with Crippen molar-refractivity contribution in [2.45, 2.75) is 76.7 Å². The molecule has 1 saturated carbocycles. The Hall–Kier alpha value is -1.77. The lowest BCUT2D eigenvalue weighted by Gasteiger charge is -2.41. The minimum Gasteiger partial charge on any atom is -0.487 e. The Morgan fingerprint density at radius 3 is 2.71 bits per heavy atom. The van der Waals surface area contributed by atoms with Crippen molar-refractivity contribution in [1.82, 2.24) is 0 Å². The molecule has 0 N–H and O–H groups in total. The van der Waals surface area contributed by atoms with Crippen LogP contribution in [0.3, 0.4) is 0 Å². The Kier molecular flexibility index (Phi) is 4.11. The summed E-state index contributed by atoms with van der Waals surface area (Å²) in [4.78, 5) is 11.9.